The van der Waals surface area contributed by atoms with Gasteiger partial charge in [-0.2, -0.15) is 13.2 Å². The average molecular weight is 460 g/mol. The lowest BCUT2D eigenvalue weighted by molar-refractivity contribution is -0.0328. The van der Waals surface area contributed by atoms with Crippen LogP contribution >= 0.6 is 27.7 Å². The summed E-state index contributed by atoms with van der Waals surface area (Å²) in [6.45, 7) is 1.81. The highest BCUT2D eigenvalue weighted by molar-refractivity contribution is 9.10. The highest BCUT2D eigenvalue weighted by atomic mass is 79.9. The first-order valence-corrected chi connectivity index (χ1v) is 9.24. The van der Waals surface area contributed by atoms with Gasteiger partial charge in [0.15, 0.2) is 0 Å². The van der Waals surface area contributed by atoms with Crippen LogP contribution in [0.3, 0.4) is 0 Å². The zero-order valence-electron chi connectivity index (χ0n) is 13.9. The van der Waals surface area contributed by atoms with E-state index in [1.807, 2.05) is 0 Å². The van der Waals surface area contributed by atoms with Gasteiger partial charge in [-0.3, -0.25) is 4.57 Å². The Labute approximate surface area is 164 Å². The molecule has 0 aliphatic carbocycles. The Kier molecular flexibility index (Phi) is 5.38. The molecule has 0 saturated heterocycles. The smallest absolute Gasteiger partial charge is 0.446 e. The van der Waals surface area contributed by atoms with Gasteiger partial charge < -0.3 is 5.11 Å². The lowest BCUT2D eigenvalue weighted by atomic mass is 10.2. The summed E-state index contributed by atoms with van der Waals surface area (Å²) >= 11 is 3.02. The van der Waals surface area contributed by atoms with Gasteiger partial charge >= 0.3 is 11.2 Å². The molecule has 0 aliphatic rings. The van der Waals surface area contributed by atoms with E-state index in [2.05, 4.69) is 20.9 Å². The van der Waals surface area contributed by atoms with E-state index in [4.69, 9.17) is 0 Å². The van der Waals surface area contributed by atoms with E-state index in [9.17, 15) is 23.1 Å². The number of nitrogens with zero attached hydrogens (tertiary/aromatic N) is 3. The molecule has 0 amide bonds. The van der Waals surface area contributed by atoms with Gasteiger partial charge in [0.05, 0.1) is 17.9 Å². The molecular weight excluding hydrogens is 447 g/mol. The number of rotatable bonds is 4. The van der Waals surface area contributed by atoms with Crippen molar-refractivity contribution in [1.29, 1.82) is 0 Å². The molecule has 2 heterocycles. The Morgan fingerprint density at radius 3 is 2.48 bits per heavy atom. The highest BCUT2D eigenvalue weighted by Gasteiger charge is 2.29. The first-order valence-electron chi connectivity index (χ1n) is 7.63. The van der Waals surface area contributed by atoms with Crippen LogP contribution in [0.15, 0.2) is 56.9 Å². The fraction of sp³-hybridized carbons (Fsp3) is 0.176. The zero-order valence-corrected chi connectivity index (χ0v) is 16.3. The summed E-state index contributed by atoms with van der Waals surface area (Å²) < 4.78 is 40.4. The monoisotopic (exact) mass is 459 g/mol. The Hall–Kier alpha value is -2.20. The number of aromatic nitrogens is 3. The number of alkyl halides is 3. The van der Waals surface area contributed by atoms with Crippen molar-refractivity contribution in [3.8, 4) is 11.6 Å². The van der Waals surface area contributed by atoms with Gasteiger partial charge in [0.2, 0.25) is 5.88 Å². The minimum Gasteiger partial charge on any atom is -0.493 e. The molecular formula is C17H13BrF3N3O2S. The van der Waals surface area contributed by atoms with E-state index in [0.29, 0.717) is 10.3 Å². The molecule has 27 heavy (non-hydrogen) atoms. The largest absolute Gasteiger partial charge is 0.493 e. The van der Waals surface area contributed by atoms with Gasteiger partial charge in [-0.15, -0.1) is 0 Å². The summed E-state index contributed by atoms with van der Waals surface area (Å²) in [5.41, 5.74) is -3.45. The van der Waals surface area contributed by atoms with Gasteiger partial charge in [0.1, 0.15) is 4.60 Å². The molecule has 0 fully saturated rings. The third-order valence-corrected chi connectivity index (χ3v) is 5.00. The topological polar surface area (TPSA) is 60.1 Å². The number of imidazole rings is 1. The van der Waals surface area contributed by atoms with Crippen molar-refractivity contribution in [2.45, 2.75) is 23.9 Å². The van der Waals surface area contributed by atoms with Crippen LogP contribution in [0.1, 0.15) is 11.3 Å². The van der Waals surface area contributed by atoms with Crippen molar-refractivity contribution in [1.82, 2.24) is 14.1 Å². The first-order chi connectivity index (χ1) is 12.7. The van der Waals surface area contributed by atoms with Gasteiger partial charge in [0, 0.05) is 11.1 Å². The standard InChI is InChI=1S/C17H13BrF3N3O2S/c1-10-15(25)24(12-2-4-13(5-3-12)27-17(19,20)21)16(26)23(10)9-11-6-7-22-14(18)8-11/h2-8,25H,9H2,1H3. The van der Waals surface area contributed by atoms with E-state index in [-0.39, 0.29) is 34.8 Å². The molecule has 1 aromatic carbocycles. The minimum absolute atomic E-state index is 0.00317. The number of hydrogen-bond acceptors (Lipinski definition) is 4. The molecule has 0 radical (unpaired) electrons. The molecule has 2 aromatic heterocycles. The SMILES string of the molecule is Cc1c(O)n(-c2ccc(SC(F)(F)F)cc2)c(=O)n1Cc1ccnc(Br)c1. The van der Waals surface area contributed by atoms with E-state index in [0.717, 1.165) is 10.1 Å². The zero-order chi connectivity index (χ0) is 19.8. The van der Waals surface area contributed by atoms with Crippen LogP contribution in [-0.4, -0.2) is 24.7 Å². The molecule has 3 aromatic rings. The molecule has 3 rings (SSSR count). The summed E-state index contributed by atoms with van der Waals surface area (Å²) in [4.78, 5) is 16.8. The van der Waals surface area contributed by atoms with Crippen LogP contribution in [-0.2, 0) is 6.54 Å². The van der Waals surface area contributed by atoms with E-state index < -0.39 is 11.2 Å². The maximum atomic E-state index is 12.8. The summed E-state index contributed by atoms with van der Waals surface area (Å²) in [5.74, 6) is -0.260. The second-order valence-electron chi connectivity index (χ2n) is 5.64. The summed E-state index contributed by atoms with van der Waals surface area (Å²) in [6.07, 6.45) is 1.59. The van der Waals surface area contributed by atoms with Crippen molar-refractivity contribution in [2.75, 3.05) is 0 Å². The van der Waals surface area contributed by atoms with Crippen LogP contribution in [0, 0.1) is 6.92 Å². The van der Waals surface area contributed by atoms with Crippen molar-refractivity contribution >= 4 is 27.7 Å². The molecule has 0 spiro atoms. The predicted octanol–water partition coefficient (Wildman–Crippen LogP) is 4.47. The molecule has 5 nitrogen and oxygen atoms in total. The van der Waals surface area contributed by atoms with Crippen molar-refractivity contribution < 1.29 is 18.3 Å². The number of halogens is 4. The van der Waals surface area contributed by atoms with E-state index >= 15 is 0 Å². The lowest BCUT2D eigenvalue weighted by Gasteiger charge is -2.07. The van der Waals surface area contributed by atoms with Gasteiger partial charge in [-0.25, -0.2) is 14.3 Å². The van der Waals surface area contributed by atoms with E-state index in [1.165, 1.54) is 28.8 Å². The molecule has 142 valence electrons. The molecule has 10 heteroatoms. The van der Waals surface area contributed by atoms with Crippen molar-refractivity contribution in [2.24, 2.45) is 0 Å². The maximum absolute atomic E-state index is 12.8. The van der Waals surface area contributed by atoms with Crippen LogP contribution in [0.5, 0.6) is 5.88 Å². The minimum atomic E-state index is -4.39. The number of aromatic hydroxyl groups is 1. The predicted molar refractivity (Wildman–Crippen MR) is 99.4 cm³/mol. The molecule has 0 unspecified atom stereocenters. The fourth-order valence-electron chi connectivity index (χ4n) is 2.58. The van der Waals surface area contributed by atoms with Crippen molar-refractivity contribution in [3.63, 3.8) is 0 Å². The van der Waals surface area contributed by atoms with E-state index in [1.54, 1.807) is 25.3 Å². The van der Waals surface area contributed by atoms with Gasteiger partial charge in [-0.1, -0.05) is 0 Å². The Morgan fingerprint density at radius 2 is 1.89 bits per heavy atom. The summed E-state index contributed by atoms with van der Waals surface area (Å²) in [5, 5.41) is 10.4. The second-order valence-corrected chi connectivity index (χ2v) is 7.59. The summed E-state index contributed by atoms with van der Waals surface area (Å²) in [7, 11) is 0. The Morgan fingerprint density at radius 1 is 1.22 bits per heavy atom. The lowest BCUT2D eigenvalue weighted by Crippen LogP contribution is -2.24. The Balaban J connectivity index is 1.96. The third kappa shape index (κ3) is 4.38. The Bertz CT molecular complexity index is 1030. The van der Waals surface area contributed by atoms with Crippen LogP contribution in [0.25, 0.3) is 5.69 Å². The van der Waals surface area contributed by atoms with Gasteiger partial charge in [0.25, 0.3) is 0 Å². The molecule has 0 bridgehead atoms. The number of pyridine rings is 1. The van der Waals surface area contributed by atoms with Gasteiger partial charge in [-0.05, 0) is 76.6 Å². The van der Waals surface area contributed by atoms with Crippen molar-refractivity contribution in [3.05, 3.63) is 68.9 Å². The molecule has 1 N–H and O–H groups in total. The average Bonchev–Trinajstić information content (AvgIpc) is 2.78. The normalized spacial score (nSPS) is 11.7. The molecule has 0 atom stereocenters. The highest BCUT2D eigenvalue weighted by Crippen LogP contribution is 2.37. The van der Waals surface area contributed by atoms with Crippen LogP contribution < -0.4 is 5.69 Å². The fourth-order valence-corrected chi connectivity index (χ4v) is 3.53. The molecule has 0 saturated carbocycles. The number of hydrogen-bond donors (Lipinski definition) is 1. The quantitative estimate of drug-likeness (QED) is 0.461. The maximum Gasteiger partial charge on any atom is 0.446 e. The number of benzene rings is 1. The third-order valence-electron chi connectivity index (χ3n) is 3.82. The van der Waals surface area contributed by atoms with Crippen LogP contribution in [0.4, 0.5) is 13.2 Å². The summed E-state index contributed by atoms with van der Waals surface area (Å²) in [6, 6.07) is 8.74. The number of thioether (sulfide) groups is 1. The molecule has 0 aliphatic heterocycles. The second kappa shape index (κ2) is 7.43. The van der Waals surface area contributed by atoms with Crippen LogP contribution in [0.2, 0.25) is 0 Å². The first kappa shape index (κ1) is 19.6.